The minimum Gasteiger partial charge on any atom is -0.356 e. The zero-order valence-electron chi connectivity index (χ0n) is 10.8. The molecule has 0 saturated heterocycles. The largest absolute Gasteiger partial charge is 0.356 e. The molecule has 0 unspecified atom stereocenters. The van der Waals surface area contributed by atoms with Gasteiger partial charge in [0.2, 0.25) is 5.91 Å². The Labute approximate surface area is 108 Å². The van der Waals surface area contributed by atoms with E-state index in [0.717, 1.165) is 11.1 Å². The van der Waals surface area contributed by atoms with Crippen LogP contribution >= 0.6 is 0 Å². The maximum absolute atomic E-state index is 11.8. The summed E-state index contributed by atoms with van der Waals surface area (Å²) in [5.74, 6) is -0.329. The quantitative estimate of drug-likeness (QED) is 0.850. The normalized spacial score (nSPS) is 11.2. The van der Waals surface area contributed by atoms with Crippen molar-refractivity contribution in [2.24, 2.45) is 0 Å². The molecule has 0 heterocycles. The molecule has 1 aromatic carbocycles. The number of hydrogen-bond acceptors (Lipinski definition) is 3. The minimum atomic E-state index is -3.22. The van der Waals surface area contributed by atoms with Crippen LogP contribution in [0.25, 0.3) is 0 Å². The molecule has 0 aliphatic carbocycles. The summed E-state index contributed by atoms with van der Waals surface area (Å²) in [5, 5.41) is 2.59. The molecule has 0 bridgehead atoms. The molecule has 0 aliphatic rings. The van der Waals surface area contributed by atoms with Gasteiger partial charge in [-0.3, -0.25) is 4.79 Å². The lowest BCUT2D eigenvalue weighted by Crippen LogP contribution is -2.25. The van der Waals surface area contributed by atoms with Crippen molar-refractivity contribution < 1.29 is 13.2 Å². The minimum absolute atomic E-state index is 0.00726. The molecule has 18 heavy (non-hydrogen) atoms. The molecular formula is C13H19NO3S. The number of aryl methyl sites for hydroxylation is 1. The van der Waals surface area contributed by atoms with Gasteiger partial charge >= 0.3 is 0 Å². The van der Waals surface area contributed by atoms with E-state index >= 15 is 0 Å². The highest BCUT2D eigenvalue weighted by Crippen LogP contribution is 2.09. The van der Waals surface area contributed by atoms with Gasteiger partial charge in [-0.05, 0) is 19.4 Å². The van der Waals surface area contributed by atoms with Crippen LogP contribution in [-0.4, -0.2) is 26.6 Å². The van der Waals surface area contributed by atoms with Crippen LogP contribution in [0.2, 0.25) is 0 Å². The van der Waals surface area contributed by atoms with Crippen LogP contribution in [0.15, 0.2) is 24.3 Å². The molecule has 0 saturated carbocycles. The molecule has 0 fully saturated rings. The van der Waals surface area contributed by atoms with Crippen molar-refractivity contribution in [1.29, 1.82) is 0 Å². The molecule has 0 atom stereocenters. The van der Waals surface area contributed by atoms with E-state index in [1.165, 1.54) is 0 Å². The van der Waals surface area contributed by atoms with Crippen LogP contribution in [0.3, 0.4) is 0 Å². The van der Waals surface area contributed by atoms with Gasteiger partial charge in [-0.1, -0.05) is 29.8 Å². The monoisotopic (exact) mass is 269 g/mol. The Morgan fingerprint density at radius 2 is 1.83 bits per heavy atom. The van der Waals surface area contributed by atoms with Crippen molar-refractivity contribution in [3.63, 3.8) is 0 Å². The third-order valence-electron chi connectivity index (χ3n) is 2.52. The van der Waals surface area contributed by atoms with Crippen molar-refractivity contribution in [2.75, 3.05) is 12.3 Å². The third kappa shape index (κ3) is 5.31. The maximum Gasteiger partial charge on any atom is 0.221 e. The van der Waals surface area contributed by atoms with Crippen molar-refractivity contribution in [3.05, 3.63) is 35.4 Å². The molecule has 1 rings (SSSR count). The number of carbonyl (C=O) groups excluding carboxylic acids is 1. The van der Waals surface area contributed by atoms with Crippen LogP contribution < -0.4 is 5.32 Å². The van der Waals surface area contributed by atoms with Gasteiger partial charge in [0.25, 0.3) is 0 Å². The number of nitrogens with one attached hydrogen (secondary N) is 1. The lowest BCUT2D eigenvalue weighted by atomic mass is 10.2. The van der Waals surface area contributed by atoms with Crippen LogP contribution in [-0.2, 0) is 20.4 Å². The first-order chi connectivity index (χ1) is 8.43. The van der Waals surface area contributed by atoms with E-state index in [4.69, 9.17) is 0 Å². The van der Waals surface area contributed by atoms with Gasteiger partial charge in [0.05, 0.1) is 11.5 Å². The number of benzene rings is 1. The molecule has 4 nitrogen and oxygen atoms in total. The van der Waals surface area contributed by atoms with Gasteiger partial charge < -0.3 is 5.32 Å². The fraction of sp³-hybridized carbons (Fsp3) is 0.462. The molecular weight excluding hydrogens is 250 g/mol. The van der Waals surface area contributed by atoms with E-state index in [1.807, 2.05) is 19.1 Å². The standard InChI is InChI=1S/C13H19NO3S/c1-3-14-13(15)8-9-18(16,17)10-12-6-4-11(2)5-7-12/h4-7H,3,8-10H2,1-2H3,(H,14,15). The molecule has 5 heteroatoms. The molecule has 1 N–H and O–H groups in total. The maximum atomic E-state index is 11.8. The van der Waals surface area contributed by atoms with Gasteiger partial charge in [0.1, 0.15) is 0 Å². The van der Waals surface area contributed by atoms with Crippen molar-refractivity contribution in [1.82, 2.24) is 5.32 Å². The lowest BCUT2D eigenvalue weighted by Gasteiger charge is -2.05. The molecule has 1 aromatic rings. The Hall–Kier alpha value is -1.36. The van der Waals surface area contributed by atoms with E-state index in [0.29, 0.717) is 6.54 Å². The van der Waals surface area contributed by atoms with Gasteiger partial charge in [-0.15, -0.1) is 0 Å². The fourth-order valence-corrected chi connectivity index (χ4v) is 2.89. The predicted molar refractivity (Wildman–Crippen MR) is 72.0 cm³/mol. The highest BCUT2D eigenvalue weighted by Gasteiger charge is 2.14. The molecule has 0 spiro atoms. The summed E-state index contributed by atoms with van der Waals surface area (Å²) in [6.45, 7) is 4.28. The molecule has 0 aliphatic heterocycles. The highest BCUT2D eigenvalue weighted by molar-refractivity contribution is 7.90. The van der Waals surface area contributed by atoms with Gasteiger partial charge in [-0.25, -0.2) is 8.42 Å². The number of hydrogen-bond donors (Lipinski definition) is 1. The van der Waals surface area contributed by atoms with E-state index < -0.39 is 9.84 Å². The van der Waals surface area contributed by atoms with Crippen LogP contribution in [0, 0.1) is 6.92 Å². The van der Waals surface area contributed by atoms with Crippen LogP contribution in [0.4, 0.5) is 0 Å². The topological polar surface area (TPSA) is 63.2 Å². The zero-order valence-corrected chi connectivity index (χ0v) is 11.6. The van der Waals surface area contributed by atoms with E-state index in [-0.39, 0.29) is 23.8 Å². The van der Waals surface area contributed by atoms with Gasteiger partial charge in [0.15, 0.2) is 9.84 Å². The second kappa shape index (κ2) is 6.54. The summed E-state index contributed by atoms with van der Waals surface area (Å²) in [6.07, 6.45) is 0.0298. The molecule has 0 aromatic heterocycles. The Morgan fingerprint density at radius 3 is 2.39 bits per heavy atom. The lowest BCUT2D eigenvalue weighted by molar-refractivity contribution is -0.120. The van der Waals surface area contributed by atoms with Crippen molar-refractivity contribution >= 4 is 15.7 Å². The van der Waals surface area contributed by atoms with E-state index in [9.17, 15) is 13.2 Å². The predicted octanol–water partition coefficient (Wildman–Crippen LogP) is 1.44. The van der Waals surface area contributed by atoms with Crippen molar-refractivity contribution in [2.45, 2.75) is 26.0 Å². The van der Waals surface area contributed by atoms with Crippen LogP contribution in [0.1, 0.15) is 24.5 Å². The fourth-order valence-electron chi connectivity index (χ4n) is 1.54. The Balaban J connectivity index is 2.54. The molecule has 100 valence electrons. The summed E-state index contributed by atoms with van der Waals surface area (Å²) >= 11 is 0. The smallest absolute Gasteiger partial charge is 0.221 e. The summed E-state index contributed by atoms with van der Waals surface area (Å²) in [6, 6.07) is 7.38. The SMILES string of the molecule is CCNC(=O)CCS(=O)(=O)Cc1ccc(C)cc1. The number of rotatable bonds is 6. The zero-order chi connectivity index (χ0) is 13.6. The van der Waals surface area contributed by atoms with Gasteiger partial charge in [0, 0.05) is 13.0 Å². The highest BCUT2D eigenvalue weighted by atomic mass is 32.2. The Bertz CT molecular complexity index is 491. The number of amides is 1. The first-order valence-electron chi connectivity index (χ1n) is 5.95. The second-order valence-corrected chi connectivity index (χ2v) is 6.47. The summed E-state index contributed by atoms with van der Waals surface area (Å²) < 4.78 is 23.6. The van der Waals surface area contributed by atoms with Crippen molar-refractivity contribution in [3.8, 4) is 0 Å². The summed E-state index contributed by atoms with van der Waals surface area (Å²) in [5.41, 5.74) is 1.86. The first-order valence-corrected chi connectivity index (χ1v) is 7.78. The molecule has 1 amide bonds. The summed E-state index contributed by atoms with van der Waals surface area (Å²) in [4.78, 5) is 11.2. The first kappa shape index (κ1) is 14.7. The van der Waals surface area contributed by atoms with E-state index in [1.54, 1.807) is 19.1 Å². The van der Waals surface area contributed by atoms with E-state index in [2.05, 4.69) is 5.32 Å². The number of sulfone groups is 1. The second-order valence-electron chi connectivity index (χ2n) is 4.28. The average Bonchev–Trinajstić information content (AvgIpc) is 2.30. The Morgan fingerprint density at radius 1 is 1.22 bits per heavy atom. The Kier molecular flexibility index (Phi) is 5.34. The van der Waals surface area contributed by atoms with Gasteiger partial charge in [-0.2, -0.15) is 0 Å². The molecule has 0 radical (unpaired) electrons. The third-order valence-corrected chi connectivity index (χ3v) is 4.12. The number of carbonyl (C=O) groups is 1. The summed E-state index contributed by atoms with van der Waals surface area (Å²) in [7, 11) is -3.22. The average molecular weight is 269 g/mol. The van der Waals surface area contributed by atoms with Crippen LogP contribution in [0.5, 0.6) is 0 Å².